The number of alkyl halides is 1. The molecule has 0 spiro atoms. The molecule has 0 amide bonds. The van der Waals surface area contributed by atoms with E-state index in [0.29, 0.717) is 0 Å². The Bertz CT molecular complexity index is 403. The largest absolute Gasteiger partial charge is 0.297 e. The monoisotopic (exact) mass is 289 g/mol. The topological polar surface area (TPSA) is 21.1 Å². The van der Waals surface area contributed by atoms with Crippen molar-refractivity contribution in [3.05, 3.63) is 16.4 Å². The van der Waals surface area contributed by atoms with Gasteiger partial charge in [0.25, 0.3) is 0 Å². The van der Waals surface area contributed by atoms with Crippen LogP contribution in [0.4, 0.5) is 0 Å². The predicted octanol–water partition coefficient (Wildman–Crippen LogP) is 3.09. The third-order valence-electron chi connectivity index (χ3n) is 3.76. The van der Waals surface area contributed by atoms with E-state index in [-0.39, 0.29) is 0 Å². The quantitative estimate of drug-likeness (QED) is 0.777. The lowest BCUT2D eigenvalue weighted by atomic mass is 10.1. The van der Waals surface area contributed by atoms with Crippen LogP contribution in [0, 0.1) is 5.92 Å². The van der Waals surface area contributed by atoms with Gasteiger partial charge < -0.3 is 0 Å². The van der Waals surface area contributed by atoms with Gasteiger partial charge in [0.2, 0.25) is 0 Å². The molecule has 0 aromatic carbocycles. The first kappa shape index (κ1) is 14.2. The third-order valence-corrected chi connectivity index (χ3v) is 4.42. The molecule has 1 aromatic heterocycles. The van der Waals surface area contributed by atoms with Crippen LogP contribution in [0.3, 0.4) is 0 Å². The first-order valence-corrected chi connectivity index (χ1v) is 7.55. The molecular weight excluding hydrogens is 269 g/mol. The van der Waals surface area contributed by atoms with Crippen molar-refractivity contribution in [2.45, 2.75) is 32.7 Å². The summed E-state index contributed by atoms with van der Waals surface area (Å²) in [5.41, 5.74) is 2.14. The number of likely N-dealkylation sites (tertiary alicyclic amines) is 1. The van der Waals surface area contributed by atoms with Crippen LogP contribution < -0.4 is 0 Å². The number of hydrogen-bond acceptors (Lipinski definition) is 2. The fourth-order valence-electron chi connectivity index (χ4n) is 2.65. The van der Waals surface area contributed by atoms with E-state index in [2.05, 4.69) is 16.9 Å². The van der Waals surface area contributed by atoms with Gasteiger partial charge in [0.15, 0.2) is 0 Å². The Morgan fingerprint density at radius 3 is 2.83 bits per heavy atom. The first-order valence-electron chi connectivity index (χ1n) is 6.64. The van der Waals surface area contributed by atoms with Crippen molar-refractivity contribution >= 4 is 23.2 Å². The van der Waals surface area contributed by atoms with Crippen LogP contribution in [0.2, 0.25) is 5.02 Å². The highest BCUT2D eigenvalue weighted by Gasteiger charge is 2.24. The van der Waals surface area contributed by atoms with Crippen molar-refractivity contribution in [3.63, 3.8) is 0 Å². The van der Waals surface area contributed by atoms with Gasteiger partial charge in [-0.3, -0.25) is 9.58 Å². The molecule has 0 saturated carbocycles. The molecule has 1 aliphatic rings. The van der Waals surface area contributed by atoms with Crippen LogP contribution >= 0.6 is 23.2 Å². The van der Waals surface area contributed by atoms with E-state index in [1.54, 1.807) is 0 Å². The van der Waals surface area contributed by atoms with E-state index in [1.165, 1.54) is 6.42 Å². The summed E-state index contributed by atoms with van der Waals surface area (Å²) in [7, 11) is 1.98. The molecule has 0 aliphatic carbocycles. The van der Waals surface area contributed by atoms with Crippen LogP contribution in [0.15, 0.2) is 0 Å². The van der Waals surface area contributed by atoms with Gasteiger partial charge in [-0.1, -0.05) is 18.5 Å². The molecule has 1 atom stereocenters. The maximum atomic E-state index is 6.37. The van der Waals surface area contributed by atoms with E-state index < -0.39 is 0 Å². The number of aromatic nitrogens is 2. The molecule has 1 fully saturated rings. The number of hydrogen-bond donors (Lipinski definition) is 0. The molecule has 1 aromatic rings. The predicted molar refractivity (Wildman–Crippen MR) is 76.3 cm³/mol. The average molecular weight is 290 g/mol. The van der Waals surface area contributed by atoms with E-state index >= 15 is 0 Å². The maximum absolute atomic E-state index is 6.37. The summed E-state index contributed by atoms with van der Waals surface area (Å²) in [5, 5.41) is 5.31. The SMILES string of the molecule is CCc1nn(C)c(CN2CCC(CCCl)C2)c1Cl. The summed E-state index contributed by atoms with van der Waals surface area (Å²) in [6, 6.07) is 0. The summed E-state index contributed by atoms with van der Waals surface area (Å²) in [5.74, 6) is 1.52. The van der Waals surface area contributed by atoms with Gasteiger partial charge in [-0.25, -0.2) is 0 Å². The summed E-state index contributed by atoms with van der Waals surface area (Å²) in [6.07, 6.45) is 3.27. The highest BCUT2D eigenvalue weighted by Crippen LogP contribution is 2.26. The van der Waals surface area contributed by atoms with Crippen LogP contribution in [-0.4, -0.2) is 33.6 Å². The Hall–Kier alpha value is -0.250. The van der Waals surface area contributed by atoms with Crippen molar-refractivity contribution in [1.82, 2.24) is 14.7 Å². The zero-order chi connectivity index (χ0) is 13.1. The van der Waals surface area contributed by atoms with Gasteiger partial charge >= 0.3 is 0 Å². The molecule has 1 aliphatic heterocycles. The molecule has 0 bridgehead atoms. The second-order valence-corrected chi connectivity index (χ2v) is 5.81. The Morgan fingerprint density at radius 1 is 1.44 bits per heavy atom. The second kappa shape index (κ2) is 6.27. The van der Waals surface area contributed by atoms with E-state index in [9.17, 15) is 0 Å². The average Bonchev–Trinajstić information content (AvgIpc) is 2.89. The van der Waals surface area contributed by atoms with Crippen LogP contribution in [0.25, 0.3) is 0 Å². The summed E-state index contributed by atoms with van der Waals surface area (Å²) < 4.78 is 1.93. The summed E-state index contributed by atoms with van der Waals surface area (Å²) >= 11 is 12.2. The Labute approximate surface area is 119 Å². The molecule has 5 heteroatoms. The third kappa shape index (κ3) is 3.01. The lowest BCUT2D eigenvalue weighted by Crippen LogP contribution is -2.22. The van der Waals surface area contributed by atoms with Gasteiger partial charge in [-0.05, 0) is 31.7 Å². The molecular formula is C13H21Cl2N3. The number of halogens is 2. The number of nitrogens with zero attached hydrogens (tertiary/aromatic N) is 3. The smallest absolute Gasteiger partial charge is 0.0863 e. The molecule has 3 nitrogen and oxygen atoms in total. The fraction of sp³-hybridized carbons (Fsp3) is 0.769. The van der Waals surface area contributed by atoms with Gasteiger partial charge in [-0.15, -0.1) is 11.6 Å². The van der Waals surface area contributed by atoms with Crippen molar-refractivity contribution in [1.29, 1.82) is 0 Å². The molecule has 102 valence electrons. The lowest BCUT2D eigenvalue weighted by molar-refractivity contribution is 0.306. The minimum absolute atomic E-state index is 0.750. The summed E-state index contributed by atoms with van der Waals surface area (Å²) in [6.45, 7) is 5.27. The molecule has 0 N–H and O–H groups in total. The highest BCUT2D eigenvalue weighted by molar-refractivity contribution is 6.31. The van der Waals surface area contributed by atoms with Crippen LogP contribution in [0.1, 0.15) is 31.2 Å². The molecule has 1 unspecified atom stereocenters. The van der Waals surface area contributed by atoms with Crippen LogP contribution in [0.5, 0.6) is 0 Å². The standard InChI is InChI=1S/C13H21Cl2N3/c1-3-11-13(15)12(17(2)16-11)9-18-7-5-10(8-18)4-6-14/h10H,3-9H2,1-2H3. The van der Waals surface area contributed by atoms with E-state index in [1.807, 2.05) is 11.7 Å². The van der Waals surface area contributed by atoms with Crippen molar-refractivity contribution in [2.24, 2.45) is 13.0 Å². The zero-order valence-electron chi connectivity index (χ0n) is 11.1. The molecule has 18 heavy (non-hydrogen) atoms. The highest BCUT2D eigenvalue weighted by atomic mass is 35.5. The number of rotatable bonds is 5. The first-order chi connectivity index (χ1) is 8.65. The van der Waals surface area contributed by atoms with Gasteiger partial charge in [0, 0.05) is 26.0 Å². The van der Waals surface area contributed by atoms with Gasteiger partial charge in [0.1, 0.15) is 0 Å². The number of aryl methyl sites for hydroxylation is 2. The Balaban J connectivity index is 2.00. The van der Waals surface area contributed by atoms with Crippen molar-refractivity contribution in [3.8, 4) is 0 Å². The maximum Gasteiger partial charge on any atom is 0.0863 e. The Kier molecular flexibility index (Phi) is 4.93. The van der Waals surface area contributed by atoms with E-state index in [0.717, 1.165) is 60.7 Å². The van der Waals surface area contributed by atoms with E-state index in [4.69, 9.17) is 23.2 Å². The normalized spacial score (nSPS) is 20.8. The zero-order valence-corrected chi connectivity index (χ0v) is 12.6. The van der Waals surface area contributed by atoms with Gasteiger partial charge in [-0.2, -0.15) is 5.10 Å². The lowest BCUT2D eigenvalue weighted by Gasteiger charge is -2.16. The van der Waals surface area contributed by atoms with Crippen molar-refractivity contribution in [2.75, 3.05) is 19.0 Å². The van der Waals surface area contributed by atoms with Crippen LogP contribution in [-0.2, 0) is 20.0 Å². The van der Waals surface area contributed by atoms with Gasteiger partial charge in [0.05, 0.1) is 16.4 Å². The second-order valence-electron chi connectivity index (χ2n) is 5.05. The minimum Gasteiger partial charge on any atom is -0.297 e. The Morgan fingerprint density at radius 2 is 2.22 bits per heavy atom. The molecule has 2 heterocycles. The molecule has 1 saturated heterocycles. The molecule has 0 radical (unpaired) electrons. The fourth-order valence-corrected chi connectivity index (χ4v) is 3.31. The summed E-state index contributed by atoms with van der Waals surface area (Å²) in [4.78, 5) is 2.46. The molecule has 2 rings (SSSR count). The van der Waals surface area contributed by atoms with Crippen molar-refractivity contribution < 1.29 is 0 Å². The minimum atomic E-state index is 0.750.